The zero-order valence-corrected chi connectivity index (χ0v) is 34.5. The molecule has 274 valence electrons. The van der Waals surface area contributed by atoms with Gasteiger partial charge in [-0.1, -0.05) is 83.8 Å². The number of quaternary nitrogens is 3. The summed E-state index contributed by atoms with van der Waals surface area (Å²) in [6, 6.07) is 7.01. The monoisotopic (exact) mass is 753 g/mol. The molecule has 1 aromatic carbocycles. The first kappa shape index (κ1) is 50.0. The summed E-state index contributed by atoms with van der Waals surface area (Å²) in [6.45, 7) is 9.08. The van der Waals surface area contributed by atoms with Gasteiger partial charge in [-0.2, -0.15) is 0 Å². The molecule has 0 radical (unpaired) electrons. The van der Waals surface area contributed by atoms with Crippen molar-refractivity contribution in [2.24, 2.45) is 0 Å². The second-order valence-corrected chi connectivity index (χ2v) is 15.1. The minimum absolute atomic E-state index is 0. The van der Waals surface area contributed by atoms with Crippen molar-refractivity contribution in [3.8, 4) is 5.75 Å². The molecule has 1 unspecified atom stereocenters. The topological polar surface area (TPSA) is 35.2 Å². The molecule has 5 nitrogen and oxygen atoms in total. The van der Waals surface area contributed by atoms with Gasteiger partial charge in [0.05, 0.1) is 61.4 Å². The Morgan fingerprint density at radius 2 is 1.20 bits per heavy atom. The highest BCUT2D eigenvalue weighted by Gasteiger charge is 2.22. The molecule has 1 rings (SSSR count). The van der Waals surface area contributed by atoms with Crippen LogP contribution in [-0.4, -0.2) is 78.4 Å². The lowest BCUT2D eigenvalue weighted by atomic mass is 9.99. The molecule has 0 saturated heterocycles. The number of nitrogens with one attached hydrogen (secondary N) is 2. The van der Waals surface area contributed by atoms with Gasteiger partial charge < -0.3 is 60.8 Å². The van der Waals surface area contributed by atoms with Crippen LogP contribution < -0.4 is 56.3 Å². The van der Waals surface area contributed by atoms with E-state index >= 15 is 0 Å². The van der Waals surface area contributed by atoms with E-state index in [-0.39, 0.29) is 47.8 Å². The first-order chi connectivity index (χ1) is 20.4. The highest BCUT2D eigenvalue weighted by Crippen LogP contribution is 2.27. The smallest absolute Gasteiger partial charge is 0.367 e. The minimum atomic E-state index is -0.127. The van der Waals surface area contributed by atoms with Gasteiger partial charge in [0.15, 0.2) is 6.54 Å². The number of hydrogen-bond donors (Lipinski definition) is 2. The van der Waals surface area contributed by atoms with Gasteiger partial charge in [-0.25, -0.2) is 4.79 Å². The average Bonchev–Trinajstić information content (AvgIpc) is 2.91. The largest absolute Gasteiger partial charge is 1.00 e. The molecule has 0 heterocycles. The fraction of sp³-hybridized carbons (Fsp3) is 0.816. The standard InChI is InChI=1S/C38H72N3O2.BrH.2ClH/c1-33(2)36-28-27-34(3)31-37(36)43-38(42)32-41(8,9)30-24-20-16-11-10-13-17-21-25-35(40(6)7)26-22-18-14-12-15-19-23-29-39(4)5;;;/h27-28,31,33,35H,10-26,29-30,32H2,1-9H3;3*1H/q+1;;;/p-1. The molecular weight excluding hydrogens is 681 g/mol. The normalized spacial score (nSPS) is 12.1. The van der Waals surface area contributed by atoms with Gasteiger partial charge in [0.1, 0.15) is 5.75 Å². The van der Waals surface area contributed by atoms with Crippen molar-refractivity contribution in [2.75, 3.05) is 61.9 Å². The Morgan fingerprint density at radius 3 is 1.65 bits per heavy atom. The third-order valence-electron chi connectivity index (χ3n) is 9.18. The number of hydrogen-bond acceptors (Lipinski definition) is 2. The molecule has 0 aromatic heterocycles. The number of nitrogens with zero attached hydrogens (tertiary/aromatic N) is 1. The van der Waals surface area contributed by atoms with Crippen LogP contribution in [0.15, 0.2) is 18.2 Å². The molecule has 1 aromatic rings. The summed E-state index contributed by atoms with van der Waals surface area (Å²) in [5.41, 5.74) is 2.23. The summed E-state index contributed by atoms with van der Waals surface area (Å²) in [4.78, 5) is 16.0. The van der Waals surface area contributed by atoms with Crippen molar-refractivity contribution in [3.05, 3.63) is 29.3 Å². The maximum Gasteiger partial charge on any atom is 0.367 e. The second kappa shape index (κ2) is 29.5. The highest BCUT2D eigenvalue weighted by atomic mass is 79.9. The molecule has 0 bridgehead atoms. The molecule has 0 aliphatic rings. The summed E-state index contributed by atoms with van der Waals surface area (Å²) in [5, 5.41) is 0. The van der Waals surface area contributed by atoms with Gasteiger partial charge >= 0.3 is 5.97 Å². The summed E-state index contributed by atoms with van der Waals surface area (Å²) in [6.07, 6.45) is 23.4. The maximum atomic E-state index is 12.7. The molecule has 0 fully saturated rings. The summed E-state index contributed by atoms with van der Waals surface area (Å²) >= 11 is 0. The first-order valence-corrected chi connectivity index (χ1v) is 18.1. The Balaban J connectivity index is -0.00000616. The Bertz CT molecular complexity index is 868. The van der Waals surface area contributed by atoms with E-state index < -0.39 is 0 Å². The quantitative estimate of drug-likeness (QED) is 0.0472. The third kappa shape index (κ3) is 25.6. The van der Waals surface area contributed by atoms with Gasteiger partial charge in [0.2, 0.25) is 0 Å². The second-order valence-electron chi connectivity index (χ2n) is 15.1. The van der Waals surface area contributed by atoms with Crippen molar-refractivity contribution < 1.29 is 65.6 Å². The SMILES string of the molecule is Cc1ccc(C(C)C)c(OC(=O)C[N+](C)(C)CCCCCCCCCCC(CCCCCCCCC[NH+](C)C)[NH+](C)C)c1.[Br-].[Cl-].[Cl-]. The van der Waals surface area contributed by atoms with Crippen LogP contribution in [0.5, 0.6) is 5.75 Å². The maximum absolute atomic E-state index is 12.7. The number of carbonyl (C=O) groups is 1. The van der Waals surface area contributed by atoms with E-state index in [0.717, 1.165) is 29.5 Å². The number of esters is 1. The molecule has 0 amide bonds. The molecule has 0 aliphatic heterocycles. The Labute approximate surface area is 309 Å². The van der Waals surface area contributed by atoms with E-state index in [4.69, 9.17) is 4.74 Å². The van der Waals surface area contributed by atoms with Crippen LogP contribution in [0.4, 0.5) is 0 Å². The summed E-state index contributed by atoms with van der Waals surface area (Å²) < 4.78 is 6.52. The lowest BCUT2D eigenvalue weighted by molar-refractivity contribution is -0.886. The third-order valence-corrected chi connectivity index (χ3v) is 9.18. The number of aryl methyl sites for hydroxylation is 1. The highest BCUT2D eigenvalue weighted by molar-refractivity contribution is 5.74. The van der Waals surface area contributed by atoms with Crippen molar-refractivity contribution in [2.45, 2.75) is 142 Å². The number of likely N-dealkylation sites (N-methyl/N-ethyl adjacent to an activating group) is 1. The number of carbonyl (C=O) groups excluding carboxylic acids is 1. The van der Waals surface area contributed by atoms with E-state index in [9.17, 15) is 4.79 Å². The molecule has 0 aliphatic carbocycles. The van der Waals surface area contributed by atoms with E-state index in [1.165, 1.54) is 116 Å². The fourth-order valence-corrected chi connectivity index (χ4v) is 6.26. The van der Waals surface area contributed by atoms with E-state index in [1.807, 2.05) is 13.0 Å². The molecule has 0 spiro atoms. The minimum Gasteiger partial charge on any atom is -1.00 e. The van der Waals surface area contributed by atoms with Gasteiger partial charge in [-0.15, -0.1) is 0 Å². The van der Waals surface area contributed by atoms with Crippen LogP contribution in [0.1, 0.15) is 140 Å². The van der Waals surface area contributed by atoms with Gasteiger partial charge in [-0.3, -0.25) is 0 Å². The Hall–Kier alpha value is -0.370. The molecule has 46 heavy (non-hydrogen) atoms. The zero-order valence-electron chi connectivity index (χ0n) is 31.4. The zero-order chi connectivity index (χ0) is 32.1. The molecule has 0 saturated carbocycles. The molecular formula is C38H74BrCl2N3O2. The fourth-order valence-electron chi connectivity index (χ4n) is 6.26. The molecule has 8 heteroatoms. The van der Waals surface area contributed by atoms with Crippen molar-refractivity contribution in [1.82, 2.24) is 0 Å². The Morgan fingerprint density at radius 1 is 0.739 bits per heavy atom. The lowest BCUT2D eigenvalue weighted by Crippen LogP contribution is -3.10. The number of unbranched alkanes of at least 4 members (excludes halogenated alkanes) is 13. The molecule has 2 N–H and O–H groups in total. The van der Waals surface area contributed by atoms with Gasteiger partial charge in [0.25, 0.3) is 0 Å². The van der Waals surface area contributed by atoms with E-state index in [0.29, 0.717) is 16.9 Å². The number of rotatable bonds is 26. The summed E-state index contributed by atoms with van der Waals surface area (Å²) in [5.74, 6) is 0.935. The van der Waals surface area contributed by atoms with E-state index in [1.54, 1.807) is 9.80 Å². The predicted molar refractivity (Wildman–Crippen MR) is 186 cm³/mol. The van der Waals surface area contributed by atoms with Crippen LogP contribution in [0.2, 0.25) is 0 Å². The number of benzene rings is 1. The van der Waals surface area contributed by atoms with Crippen LogP contribution in [0, 0.1) is 6.92 Å². The van der Waals surface area contributed by atoms with Gasteiger partial charge in [0, 0.05) is 0 Å². The predicted octanol–water partition coefficient (Wildman–Crippen LogP) is -2.60. The number of halogens is 3. The number of ether oxygens (including phenoxy) is 1. The average molecular weight is 756 g/mol. The lowest BCUT2D eigenvalue weighted by Gasteiger charge is -2.28. The van der Waals surface area contributed by atoms with Crippen molar-refractivity contribution in [3.63, 3.8) is 0 Å². The van der Waals surface area contributed by atoms with Crippen molar-refractivity contribution >= 4 is 5.97 Å². The van der Waals surface area contributed by atoms with Crippen LogP contribution in [0.25, 0.3) is 0 Å². The van der Waals surface area contributed by atoms with Crippen LogP contribution in [0.3, 0.4) is 0 Å². The molecule has 1 atom stereocenters. The van der Waals surface area contributed by atoms with Crippen LogP contribution in [-0.2, 0) is 4.79 Å². The van der Waals surface area contributed by atoms with Gasteiger partial charge in [-0.05, 0) is 81.4 Å². The Kier molecular flexibility index (Phi) is 32.1. The van der Waals surface area contributed by atoms with Crippen LogP contribution >= 0.6 is 0 Å². The first-order valence-electron chi connectivity index (χ1n) is 18.1. The van der Waals surface area contributed by atoms with E-state index in [2.05, 4.69) is 68.3 Å². The summed E-state index contributed by atoms with van der Waals surface area (Å²) in [7, 11) is 13.5. The van der Waals surface area contributed by atoms with Crippen molar-refractivity contribution in [1.29, 1.82) is 0 Å².